The van der Waals surface area contributed by atoms with E-state index in [1.54, 1.807) is 0 Å². The SMILES string of the molecule is C[Si](C)(C)c1cc(CN(CC(=O)O)CC(=O)O)cc(-c2nncnn2)c1. The molecule has 0 amide bonds. The first-order chi connectivity index (χ1) is 12.1. The Bertz CT molecular complexity index is 779. The Morgan fingerprint density at radius 1 is 1.00 bits per heavy atom. The van der Waals surface area contributed by atoms with Gasteiger partial charge in [-0.15, -0.1) is 20.4 Å². The van der Waals surface area contributed by atoms with E-state index in [9.17, 15) is 9.59 Å². The Balaban J connectivity index is 2.42. The van der Waals surface area contributed by atoms with E-state index in [2.05, 4.69) is 40.0 Å². The predicted octanol–water partition coefficient (Wildman–Crippen LogP) is 0.450. The molecule has 0 aliphatic heterocycles. The van der Waals surface area contributed by atoms with E-state index in [4.69, 9.17) is 10.2 Å². The maximum absolute atomic E-state index is 11.0. The molecule has 0 fully saturated rings. The van der Waals surface area contributed by atoms with Gasteiger partial charge in [0.2, 0.25) is 5.82 Å². The molecule has 0 atom stereocenters. The van der Waals surface area contributed by atoms with Crippen molar-refractivity contribution >= 4 is 25.2 Å². The Morgan fingerprint density at radius 2 is 1.58 bits per heavy atom. The van der Waals surface area contributed by atoms with Crippen molar-refractivity contribution in [3.8, 4) is 11.4 Å². The second-order valence-electron chi connectivity index (χ2n) is 6.97. The maximum atomic E-state index is 11.0. The van der Waals surface area contributed by atoms with E-state index >= 15 is 0 Å². The normalized spacial score (nSPS) is 11.5. The summed E-state index contributed by atoms with van der Waals surface area (Å²) in [4.78, 5) is 23.4. The van der Waals surface area contributed by atoms with E-state index in [1.807, 2.05) is 18.2 Å². The number of hydrogen-bond acceptors (Lipinski definition) is 7. The molecule has 1 aromatic carbocycles. The lowest BCUT2D eigenvalue weighted by Crippen LogP contribution is -2.39. The summed E-state index contributed by atoms with van der Waals surface area (Å²) < 4.78 is 0. The van der Waals surface area contributed by atoms with Gasteiger partial charge in [-0.2, -0.15) is 0 Å². The van der Waals surface area contributed by atoms with Crippen molar-refractivity contribution in [3.05, 3.63) is 30.1 Å². The average Bonchev–Trinajstić information content (AvgIpc) is 2.53. The molecule has 1 heterocycles. The summed E-state index contributed by atoms with van der Waals surface area (Å²) in [6.07, 6.45) is 1.24. The molecule has 0 saturated carbocycles. The Morgan fingerprint density at radius 3 is 2.08 bits per heavy atom. The van der Waals surface area contributed by atoms with E-state index in [0.29, 0.717) is 5.82 Å². The molecule has 10 heteroatoms. The fraction of sp³-hybridized carbons (Fsp3) is 0.375. The minimum atomic E-state index is -1.69. The van der Waals surface area contributed by atoms with Gasteiger partial charge in [-0.1, -0.05) is 37.0 Å². The summed E-state index contributed by atoms with van der Waals surface area (Å²) in [5.41, 5.74) is 1.53. The molecule has 0 spiro atoms. The van der Waals surface area contributed by atoms with Crippen molar-refractivity contribution in [2.45, 2.75) is 26.2 Å². The minimum absolute atomic E-state index is 0.192. The molecule has 0 unspecified atom stereocenters. The number of benzene rings is 1. The van der Waals surface area contributed by atoms with Gasteiger partial charge in [0.15, 0.2) is 6.33 Å². The zero-order valence-electron chi connectivity index (χ0n) is 14.9. The lowest BCUT2D eigenvalue weighted by Gasteiger charge is -2.22. The molecule has 0 saturated heterocycles. The van der Waals surface area contributed by atoms with Crippen LogP contribution in [0, 0.1) is 0 Å². The average molecular weight is 375 g/mol. The highest BCUT2D eigenvalue weighted by Gasteiger charge is 2.21. The first kappa shape index (κ1) is 19.6. The van der Waals surface area contributed by atoms with Gasteiger partial charge in [-0.3, -0.25) is 14.5 Å². The number of rotatable bonds is 8. The highest BCUT2D eigenvalue weighted by Crippen LogP contribution is 2.18. The predicted molar refractivity (Wildman–Crippen MR) is 96.6 cm³/mol. The molecule has 0 bridgehead atoms. The summed E-state index contributed by atoms with van der Waals surface area (Å²) in [5, 5.41) is 34.6. The molecule has 26 heavy (non-hydrogen) atoms. The van der Waals surface area contributed by atoms with Crippen molar-refractivity contribution in [2.75, 3.05) is 13.1 Å². The summed E-state index contributed by atoms with van der Waals surface area (Å²) in [6, 6.07) is 5.81. The van der Waals surface area contributed by atoms with Crippen LogP contribution < -0.4 is 5.19 Å². The summed E-state index contributed by atoms with van der Waals surface area (Å²) >= 11 is 0. The van der Waals surface area contributed by atoms with Gasteiger partial charge in [-0.05, 0) is 11.6 Å². The summed E-state index contributed by atoms with van der Waals surface area (Å²) in [6.45, 7) is 6.03. The van der Waals surface area contributed by atoms with Crippen LogP contribution in [0.4, 0.5) is 0 Å². The quantitative estimate of drug-likeness (QED) is 0.632. The Kier molecular flexibility index (Phi) is 6.11. The van der Waals surface area contributed by atoms with Gasteiger partial charge in [0.25, 0.3) is 0 Å². The summed E-state index contributed by atoms with van der Waals surface area (Å²) in [5.74, 6) is -1.78. The van der Waals surface area contributed by atoms with Crippen LogP contribution in [0.1, 0.15) is 5.56 Å². The molecule has 2 rings (SSSR count). The second-order valence-corrected chi connectivity index (χ2v) is 12.0. The molecular weight excluding hydrogens is 354 g/mol. The molecule has 0 aliphatic rings. The third-order valence-corrected chi connectivity index (χ3v) is 5.67. The highest BCUT2D eigenvalue weighted by molar-refractivity contribution is 6.88. The zero-order valence-corrected chi connectivity index (χ0v) is 15.9. The highest BCUT2D eigenvalue weighted by atomic mass is 28.3. The smallest absolute Gasteiger partial charge is 0.317 e. The largest absolute Gasteiger partial charge is 0.480 e. The van der Waals surface area contributed by atoms with E-state index < -0.39 is 20.0 Å². The van der Waals surface area contributed by atoms with Crippen molar-refractivity contribution in [1.82, 2.24) is 25.3 Å². The molecule has 0 radical (unpaired) electrons. The van der Waals surface area contributed by atoms with Gasteiger partial charge < -0.3 is 10.2 Å². The van der Waals surface area contributed by atoms with Gasteiger partial charge in [-0.25, -0.2) is 0 Å². The van der Waals surface area contributed by atoms with Crippen LogP contribution in [0.3, 0.4) is 0 Å². The van der Waals surface area contributed by atoms with E-state index in [-0.39, 0.29) is 19.6 Å². The van der Waals surface area contributed by atoms with Gasteiger partial charge in [0.1, 0.15) is 0 Å². The fourth-order valence-electron chi connectivity index (χ4n) is 2.47. The number of carboxylic acid groups (broad SMARTS) is 2. The number of nitrogens with zero attached hydrogens (tertiary/aromatic N) is 5. The number of carbonyl (C=O) groups is 2. The van der Waals surface area contributed by atoms with Crippen molar-refractivity contribution in [2.24, 2.45) is 0 Å². The summed E-state index contributed by atoms with van der Waals surface area (Å²) in [7, 11) is -1.69. The number of aliphatic carboxylic acids is 2. The van der Waals surface area contributed by atoms with Crippen LogP contribution in [-0.4, -0.2) is 68.6 Å². The van der Waals surface area contributed by atoms with Crippen molar-refractivity contribution in [1.29, 1.82) is 0 Å². The molecule has 0 aliphatic carbocycles. The van der Waals surface area contributed by atoms with Crippen molar-refractivity contribution in [3.63, 3.8) is 0 Å². The first-order valence-corrected chi connectivity index (χ1v) is 11.5. The number of aromatic nitrogens is 4. The van der Waals surface area contributed by atoms with Gasteiger partial charge in [0.05, 0.1) is 21.2 Å². The van der Waals surface area contributed by atoms with Crippen LogP contribution in [0.5, 0.6) is 0 Å². The molecule has 1 aromatic heterocycles. The first-order valence-electron chi connectivity index (χ1n) is 7.96. The van der Waals surface area contributed by atoms with E-state index in [1.165, 1.54) is 11.2 Å². The van der Waals surface area contributed by atoms with E-state index in [0.717, 1.165) is 16.3 Å². The minimum Gasteiger partial charge on any atom is -0.480 e. The van der Waals surface area contributed by atoms with Gasteiger partial charge in [0, 0.05) is 12.1 Å². The Labute approximate surface area is 151 Å². The van der Waals surface area contributed by atoms with Crippen LogP contribution in [-0.2, 0) is 16.1 Å². The van der Waals surface area contributed by atoms with Crippen molar-refractivity contribution < 1.29 is 19.8 Å². The second kappa shape index (κ2) is 8.10. The molecule has 2 N–H and O–H groups in total. The van der Waals surface area contributed by atoms with Crippen LogP contribution in [0.2, 0.25) is 19.6 Å². The standard InChI is InChI=1S/C16H21N5O4Si/c1-26(2,3)13-5-11(7-21(8-14(22)23)9-15(24)25)4-12(6-13)16-19-17-10-18-20-16/h4-6,10H,7-9H2,1-3H3,(H,22,23)(H,24,25). The van der Waals surface area contributed by atoms with Crippen LogP contribution >= 0.6 is 0 Å². The monoisotopic (exact) mass is 375 g/mol. The fourth-order valence-corrected chi connectivity index (χ4v) is 3.68. The number of carboxylic acids is 2. The van der Waals surface area contributed by atoms with Gasteiger partial charge >= 0.3 is 11.9 Å². The molecule has 9 nitrogen and oxygen atoms in total. The third-order valence-electron chi connectivity index (χ3n) is 3.65. The molecule has 138 valence electrons. The maximum Gasteiger partial charge on any atom is 0.317 e. The Hall–Kier alpha value is -2.72. The zero-order chi connectivity index (χ0) is 19.3. The van der Waals surface area contributed by atoms with Crippen LogP contribution in [0.25, 0.3) is 11.4 Å². The third kappa shape index (κ3) is 5.67. The lowest BCUT2D eigenvalue weighted by atomic mass is 10.1. The molecule has 2 aromatic rings. The van der Waals surface area contributed by atoms with Crippen LogP contribution in [0.15, 0.2) is 24.5 Å². The topological polar surface area (TPSA) is 129 Å². The number of hydrogen-bond donors (Lipinski definition) is 2. The lowest BCUT2D eigenvalue weighted by molar-refractivity contribution is -0.142. The molecular formula is C16H21N5O4Si.